The first-order valence-electron chi connectivity index (χ1n) is 5.29. The molecule has 3 N–H and O–H groups in total. The van der Waals surface area contributed by atoms with Gasteiger partial charge in [-0.25, -0.2) is 9.59 Å². The number of carboxylic acids is 2. The summed E-state index contributed by atoms with van der Waals surface area (Å²) < 4.78 is 5.56. The van der Waals surface area contributed by atoms with Crippen LogP contribution in [-0.2, 0) is 14.3 Å². The van der Waals surface area contributed by atoms with Crippen molar-refractivity contribution in [1.82, 2.24) is 10.3 Å². The van der Waals surface area contributed by atoms with Gasteiger partial charge in [0, 0.05) is 31.0 Å². The lowest BCUT2D eigenvalue weighted by Gasteiger charge is -2.23. The van der Waals surface area contributed by atoms with E-state index in [2.05, 4.69) is 10.3 Å². The number of nitrogens with zero attached hydrogens (tertiary/aromatic N) is 1. The average Bonchev–Trinajstić information content (AvgIpc) is 2.41. The fourth-order valence-electron chi connectivity index (χ4n) is 1.35. The minimum absolute atomic E-state index is 0.187. The minimum atomic E-state index is -1.82. The van der Waals surface area contributed by atoms with Gasteiger partial charge in [-0.15, -0.1) is 0 Å². The summed E-state index contributed by atoms with van der Waals surface area (Å²) in [6.45, 7) is 2.64. The molecule has 0 aliphatic carbocycles. The highest BCUT2D eigenvalue weighted by molar-refractivity contribution is 6.27. The summed E-state index contributed by atoms with van der Waals surface area (Å²) in [6.07, 6.45) is 3.82. The zero-order chi connectivity index (χ0) is 13.4. The van der Waals surface area contributed by atoms with Crippen molar-refractivity contribution in [1.29, 1.82) is 0 Å². The Morgan fingerprint density at radius 2 is 2.11 bits per heavy atom. The Morgan fingerprint density at radius 1 is 1.39 bits per heavy atom. The third-order valence-electron chi connectivity index (χ3n) is 2.17. The van der Waals surface area contributed by atoms with Crippen LogP contribution in [0.2, 0.25) is 0 Å². The van der Waals surface area contributed by atoms with Gasteiger partial charge < -0.3 is 20.3 Å². The molecule has 1 aromatic heterocycles. The summed E-state index contributed by atoms with van der Waals surface area (Å²) in [7, 11) is 0. The van der Waals surface area contributed by atoms with E-state index in [1.807, 2.05) is 18.3 Å². The van der Waals surface area contributed by atoms with E-state index < -0.39 is 11.9 Å². The van der Waals surface area contributed by atoms with Crippen LogP contribution in [0.4, 0.5) is 0 Å². The van der Waals surface area contributed by atoms with Gasteiger partial charge in [0.1, 0.15) is 0 Å². The molecule has 1 atom stereocenters. The molecule has 98 valence electrons. The summed E-state index contributed by atoms with van der Waals surface area (Å²) in [5, 5.41) is 18.1. The van der Waals surface area contributed by atoms with Gasteiger partial charge in [-0.1, -0.05) is 6.07 Å². The number of pyridine rings is 1. The first kappa shape index (κ1) is 14.1. The van der Waals surface area contributed by atoms with Crippen molar-refractivity contribution < 1.29 is 24.5 Å². The number of aromatic nitrogens is 1. The van der Waals surface area contributed by atoms with E-state index in [4.69, 9.17) is 24.5 Å². The van der Waals surface area contributed by atoms with Crippen LogP contribution in [0.1, 0.15) is 11.7 Å². The maximum absolute atomic E-state index is 9.10. The van der Waals surface area contributed by atoms with Crippen LogP contribution in [0.3, 0.4) is 0 Å². The fraction of sp³-hybridized carbons (Fsp3) is 0.364. The third kappa shape index (κ3) is 4.89. The number of rotatable bonds is 1. The number of ether oxygens (including phenoxy) is 1. The highest BCUT2D eigenvalue weighted by atomic mass is 16.5. The summed E-state index contributed by atoms with van der Waals surface area (Å²) in [6, 6.07) is 3.98. The van der Waals surface area contributed by atoms with Gasteiger partial charge in [0.25, 0.3) is 0 Å². The fourth-order valence-corrected chi connectivity index (χ4v) is 1.35. The molecule has 2 rings (SSSR count). The zero-order valence-corrected chi connectivity index (χ0v) is 9.57. The Balaban J connectivity index is 0.000000232. The van der Waals surface area contributed by atoms with E-state index in [-0.39, 0.29) is 6.10 Å². The number of hydrogen-bond donors (Lipinski definition) is 3. The van der Waals surface area contributed by atoms with E-state index in [0.717, 1.165) is 25.3 Å². The smallest absolute Gasteiger partial charge is 0.414 e. The molecule has 1 aromatic rings. The SMILES string of the molecule is O=C(O)C(=O)O.c1cncc(C2CNCCO2)c1. The van der Waals surface area contributed by atoms with Crippen LogP contribution in [-0.4, -0.2) is 46.8 Å². The predicted molar refractivity (Wildman–Crippen MR) is 61.1 cm³/mol. The molecule has 0 spiro atoms. The molecule has 1 aliphatic heterocycles. The van der Waals surface area contributed by atoms with Gasteiger partial charge in [0.15, 0.2) is 0 Å². The molecule has 0 radical (unpaired) electrons. The first-order valence-corrected chi connectivity index (χ1v) is 5.29. The van der Waals surface area contributed by atoms with E-state index in [0.29, 0.717) is 0 Å². The van der Waals surface area contributed by atoms with Gasteiger partial charge in [-0.2, -0.15) is 0 Å². The largest absolute Gasteiger partial charge is 0.473 e. The summed E-state index contributed by atoms with van der Waals surface area (Å²) in [5.41, 5.74) is 1.16. The average molecular weight is 254 g/mol. The van der Waals surface area contributed by atoms with Gasteiger partial charge in [0.2, 0.25) is 0 Å². The van der Waals surface area contributed by atoms with Crippen LogP contribution >= 0.6 is 0 Å². The highest BCUT2D eigenvalue weighted by Gasteiger charge is 2.14. The Bertz CT molecular complexity index is 378. The van der Waals surface area contributed by atoms with Crippen LogP contribution in [0.15, 0.2) is 24.5 Å². The Hall–Kier alpha value is -1.99. The zero-order valence-electron chi connectivity index (χ0n) is 9.57. The molecular formula is C11H14N2O5. The van der Waals surface area contributed by atoms with Gasteiger partial charge in [0.05, 0.1) is 12.7 Å². The topological polar surface area (TPSA) is 109 Å². The number of morpholine rings is 1. The van der Waals surface area contributed by atoms with Gasteiger partial charge in [-0.3, -0.25) is 4.98 Å². The Labute approximate surface area is 103 Å². The second kappa shape index (κ2) is 7.36. The van der Waals surface area contributed by atoms with E-state index >= 15 is 0 Å². The number of aliphatic carboxylic acids is 2. The van der Waals surface area contributed by atoms with Crippen molar-refractivity contribution in [2.75, 3.05) is 19.7 Å². The number of hydrogen-bond acceptors (Lipinski definition) is 5. The molecule has 0 amide bonds. The normalized spacial score (nSPS) is 18.3. The lowest BCUT2D eigenvalue weighted by molar-refractivity contribution is -0.159. The van der Waals surface area contributed by atoms with Crippen LogP contribution in [0, 0.1) is 0 Å². The molecule has 18 heavy (non-hydrogen) atoms. The molecule has 7 nitrogen and oxygen atoms in total. The Morgan fingerprint density at radius 3 is 2.56 bits per heavy atom. The van der Waals surface area contributed by atoms with Crippen molar-refractivity contribution in [3.05, 3.63) is 30.1 Å². The predicted octanol–water partition coefficient (Wildman–Crippen LogP) is -0.102. The van der Waals surface area contributed by atoms with Crippen molar-refractivity contribution in [3.8, 4) is 0 Å². The molecule has 0 aromatic carbocycles. The molecule has 1 unspecified atom stereocenters. The number of carboxylic acid groups (broad SMARTS) is 2. The standard InChI is InChI=1S/C9H12N2O.C2H2O4/c1-2-8(6-10-3-1)9-7-11-4-5-12-9;3-1(4)2(5)6/h1-3,6,9,11H,4-5,7H2;(H,3,4)(H,5,6). The molecule has 0 bridgehead atoms. The van der Waals surface area contributed by atoms with E-state index in [1.165, 1.54) is 0 Å². The van der Waals surface area contributed by atoms with E-state index in [1.54, 1.807) is 6.20 Å². The molecular weight excluding hydrogens is 240 g/mol. The summed E-state index contributed by atoms with van der Waals surface area (Å²) in [5.74, 6) is -3.65. The number of carbonyl (C=O) groups is 2. The van der Waals surface area contributed by atoms with Crippen LogP contribution in [0.25, 0.3) is 0 Å². The van der Waals surface area contributed by atoms with Crippen LogP contribution < -0.4 is 5.32 Å². The maximum Gasteiger partial charge on any atom is 0.414 e. The van der Waals surface area contributed by atoms with E-state index in [9.17, 15) is 0 Å². The molecule has 1 aliphatic rings. The monoisotopic (exact) mass is 254 g/mol. The Kier molecular flexibility index (Phi) is 5.75. The molecule has 2 heterocycles. The minimum Gasteiger partial charge on any atom is -0.473 e. The lowest BCUT2D eigenvalue weighted by atomic mass is 10.1. The third-order valence-corrected chi connectivity index (χ3v) is 2.17. The summed E-state index contributed by atoms with van der Waals surface area (Å²) >= 11 is 0. The molecule has 7 heteroatoms. The van der Waals surface area contributed by atoms with Gasteiger partial charge >= 0.3 is 11.9 Å². The quantitative estimate of drug-likeness (QED) is 0.600. The van der Waals surface area contributed by atoms with Crippen molar-refractivity contribution in [2.45, 2.75) is 6.10 Å². The first-order chi connectivity index (χ1) is 8.61. The van der Waals surface area contributed by atoms with Crippen LogP contribution in [0.5, 0.6) is 0 Å². The second-order valence-corrected chi connectivity index (χ2v) is 3.46. The number of nitrogens with one attached hydrogen (secondary N) is 1. The molecule has 1 saturated heterocycles. The maximum atomic E-state index is 9.10. The summed E-state index contributed by atoms with van der Waals surface area (Å²) in [4.78, 5) is 22.3. The lowest BCUT2D eigenvalue weighted by Crippen LogP contribution is -2.33. The van der Waals surface area contributed by atoms with Crippen molar-refractivity contribution in [2.24, 2.45) is 0 Å². The van der Waals surface area contributed by atoms with Crippen molar-refractivity contribution in [3.63, 3.8) is 0 Å². The molecule has 0 saturated carbocycles. The second-order valence-electron chi connectivity index (χ2n) is 3.46. The molecule has 1 fully saturated rings. The van der Waals surface area contributed by atoms with Crippen molar-refractivity contribution >= 4 is 11.9 Å². The van der Waals surface area contributed by atoms with Gasteiger partial charge in [-0.05, 0) is 6.07 Å². The highest BCUT2D eigenvalue weighted by Crippen LogP contribution is 2.16.